The smallest absolute Gasteiger partial charge is 0.0906 e. The van der Waals surface area contributed by atoms with E-state index in [1.165, 1.54) is 54.5 Å². The summed E-state index contributed by atoms with van der Waals surface area (Å²) in [7, 11) is 0. The van der Waals surface area contributed by atoms with Crippen molar-refractivity contribution >= 4 is 28.9 Å². The van der Waals surface area contributed by atoms with Crippen molar-refractivity contribution in [2.45, 2.75) is 102 Å². The molecule has 0 bridgehead atoms. The third kappa shape index (κ3) is 3.65. The maximum atomic E-state index is 7.23. The van der Waals surface area contributed by atoms with E-state index in [0.29, 0.717) is 12.0 Å². The van der Waals surface area contributed by atoms with E-state index in [-0.39, 0.29) is 22.3 Å². The van der Waals surface area contributed by atoms with E-state index in [2.05, 4.69) is 64.1 Å². The highest BCUT2D eigenvalue weighted by Gasteiger charge is 2.70. The highest BCUT2D eigenvalue weighted by Crippen LogP contribution is 2.67. The van der Waals surface area contributed by atoms with E-state index in [0.717, 1.165) is 41.5 Å². The third-order valence-electron chi connectivity index (χ3n) is 10.1. The zero-order valence-corrected chi connectivity index (χ0v) is 23.7. The molecule has 1 heterocycles. The monoisotopic (exact) mass is 523 g/mol. The summed E-state index contributed by atoms with van der Waals surface area (Å²) in [6.07, 6.45) is 9.24. The third-order valence-corrected chi connectivity index (χ3v) is 10.8. The lowest BCUT2D eigenvalue weighted by molar-refractivity contribution is -0.307. The normalized spacial score (nSPS) is 35.7. The van der Waals surface area contributed by atoms with Crippen LogP contribution in [-0.2, 0) is 16.6 Å². The average molecular weight is 525 g/mol. The first kappa shape index (κ1) is 25.0. The average Bonchev–Trinajstić information content (AvgIpc) is 3.57. The number of nitrogens with zero attached hydrogens (tertiary/aromatic N) is 1. The van der Waals surface area contributed by atoms with E-state index in [9.17, 15) is 0 Å². The van der Waals surface area contributed by atoms with Crippen LogP contribution in [0.5, 0.6) is 0 Å². The van der Waals surface area contributed by atoms with Gasteiger partial charge in [0.2, 0.25) is 0 Å². The van der Waals surface area contributed by atoms with Gasteiger partial charge in [-0.2, -0.15) is 0 Å². The number of rotatable bonds is 6. The van der Waals surface area contributed by atoms with Crippen LogP contribution in [0.1, 0.15) is 101 Å². The van der Waals surface area contributed by atoms with Crippen molar-refractivity contribution in [1.82, 2.24) is 0 Å². The minimum absolute atomic E-state index is 0.0893. The fourth-order valence-electron chi connectivity index (χ4n) is 7.87. The van der Waals surface area contributed by atoms with E-state index < -0.39 is 0 Å². The van der Waals surface area contributed by atoms with Crippen molar-refractivity contribution in [2.75, 3.05) is 6.61 Å². The predicted molar refractivity (Wildman–Crippen MR) is 151 cm³/mol. The summed E-state index contributed by atoms with van der Waals surface area (Å²) in [6.45, 7) is 10.1. The Kier molecular flexibility index (Phi) is 6.14. The second-order valence-electron chi connectivity index (χ2n) is 12.7. The minimum atomic E-state index is -0.201. The molecule has 1 aliphatic heterocycles. The molecule has 3 fully saturated rings. The zero-order valence-electron chi connectivity index (χ0n) is 22.2. The summed E-state index contributed by atoms with van der Waals surface area (Å²) in [4.78, 5) is 5.46. The fraction of sp³-hybridized carbons (Fsp3) is 0.594. The molecule has 2 unspecified atom stereocenters. The molecule has 2 nitrogen and oxygen atoms in total. The molecule has 192 valence electrons. The van der Waals surface area contributed by atoms with Crippen molar-refractivity contribution in [2.24, 2.45) is 16.3 Å². The lowest BCUT2D eigenvalue weighted by atomic mass is 9.44. The van der Waals surface area contributed by atoms with Gasteiger partial charge in [0.05, 0.1) is 23.3 Å². The molecule has 4 aliphatic rings. The van der Waals surface area contributed by atoms with Gasteiger partial charge in [-0.15, -0.1) is 0 Å². The predicted octanol–water partition coefficient (Wildman–Crippen LogP) is 8.94. The number of halogens is 2. The minimum Gasteiger partial charge on any atom is -0.372 e. The summed E-state index contributed by atoms with van der Waals surface area (Å²) in [5, 5.41) is 1.62. The van der Waals surface area contributed by atoms with Crippen molar-refractivity contribution in [3.63, 3.8) is 0 Å². The molecule has 2 saturated carbocycles. The first-order valence-corrected chi connectivity index (χ1v) is 14.7. The molecular weight excluding hydrogens is 485 g/mol. The lowest BCUT2D eigenvalue weighted by Crippen LogP contribution is -2.74. The molecule has 0 radical (unpaired) electrons. The van der Waals surface area contributed by atoms with Gasteiger partial charge in [0.25, 0.3) is 0 Å². The van der Waals surface area contributed by atoms with Crippen molar-refractivity contribution in [1.29, 1.82) is 0 Å². The maximum absolute atomic E-state index is 7.23. The van der Waals surface area contributed by atoms with Crippen LogP contribution in [0.15, 0.2) is 41.4 Å². The van der Waals surface area contributed by atoms with Gasteiger partial charge in [-0.1, -0.05) is 87.6 Å². The van der Waals surface area contributed by atoms with Crippen LogP contribution in [0.2, 0.25) is 10.0 Å². The molecule has 36 heavy (non-hydrogen) atoms. The van der Waals surface area contributed by atoms with Crippen molar-refractivity contribution < 1.29 is 4.74 Å². The van der Waals surface area contributed by atoms with Gasteiger partial charge < -0.3 is 4.74 Å². The van der Waals surface area contributed by atoms with E-state index in [1.54, 1.807) is 0 Å². The Morgan fingerprint density at radius 1 is 1.11 bits per heavy atom. The summed E-state index contributed by atoms with van der Waals surface area (Å²) in [5.41, 5.74) is 6.02. The lowest BCUT2D eigenvalue weighted by Gasteiger charge is -2.70. The topological polar surface area (TPSA) is 21.6 Å². The fourth-order valence-corrected chi connectivity index (χ4v) is 8.87. The largest absolute Gasteiger partial charge is 0.372 e. The van der Waals surface area contributed by atoms with Crippen LogP contribution in [0.3, 0.4) is 0 Å². The number of hydrogen-bond donors (Lipinski definition) is 0. The quantitative estimate of drug-likeness (QED) is 0.370. The SMILES string of the molecule is CC(C)c1c(Cl)cc2c(c1Cl)C(=NC1CC1CCCc1ccccc1)C[C@@]13OC[C@]1(C)CCC[C@]23C. The van der Waals surface area contributed by atoms with Crippen LogP contribution in [-0.4, -0.2) is 24.0 Å². The van der Waals surface area contributed by atoms with Gasteiger partial charge in [-0.05, 0) is 73.1 Å². The van der Waals surface area contributed by atoms with Gasteiger partial charge in [0, 0.05) is 33.5 Å². The van der Waals surface area contributed by atoms with Crippen molar-refractivity contribution in [3.8, 4) is 0 Å². The second kappa shape index (κ2) is 8.85. The standard InChI is InChI=1S/C32H39Cl2NO/c1-20(2)27-24(33)17-23-28(29(27)34)26(18-32-30(3,19-36-32)14-9-15-31(23,32)4)35-25-16-22(25)13-8-12-21-10-6-5-7-11-21/h5-7,10-11,17,20,22,25H,8-9,12-16,18-19H2,1-4H3/t22?,25?,30-,31+,32+/m0/s1. The van der Waals surface area contributed by atoms with Crippen LogP contribution >= 0.6 is 23.2 Å². The Bertz CT molecular complexity index is 1210. The van der Waals surface area contributed by atoms with E-state index in [4.69, 9.17) is 32.9 Å². The number of ether oxygens (including phenoxy) is 1. The number of fused-ring (bicyclic) bond motifs is 2. The molecule has 2 aromatic rings. The Balaban J connectivity index is 1.34. The second-order valence-corrected chi connectivity index (χ2v) is 13.5. The molecule has 4 heteroatoms. The van der Waals surface area contributed by atoms with E-state index >= 15 is 0 Å². The summed E-state index contributed by atoms with van der Waals surface area (Å²) in [5.74, 6) is 0.953. The van der Waals surface area contributed by atoms with Crippen LogP contribution in [0.4, 0.5) is 0 Å². The highest BCUT2D eigenvalue weighted by molar-refractivity contribution is 6.39. The molecule has 0 N–H and O–H groups in total. The summed E-state index contributed by atoms with van der Waals surface area (Å²) >= 11 is 14.2. The van der Waals surface area contributed by atoms with Gasteiger partial charge in [0.15, 0.2) is 0 Å². The zero-order chi connectivity index (χ0) is 25.3. The number of benzene rings is 2. The molecule has 0 aromatic heterocycles. The van der Waals surface area contributed by atoms with Crippen molar-refractivity contribution in [3.05, 3.63) is 68.7 Å². The van der Waals surface area contributed by atoms with Gasteiger partial charge in [0.1, 0.15) is 0 Å². The van der Waals surface area contributed by atoms with Gasteiger partial charge in [-0.3, -0.25) is 4.99 Å². The molecule has 1 saturated heterocycles. The van der Waals surface area contributed by atoms with Crippen LogP contribution in [0.25, 0.3) is 0 Å². The molecule has 2 aromatic carbocycles. The van der Waals surface area contributed by atoms with Crippen LogP contribution in [0, 0.1) is 11.3 Å². The van der Waals surface area contributed by atoms with Crippen LogP contribution < -0.4 is 0 Å². The Morgan fingerprint density at radius 2 is 1.89 bits per heavy atom. The molecule has 6 rings (SSSR count). The molecule has 3 aliphatic carbocycles. The van der Waals surface area contributed by atoms with Gasteiger partial charge >= 0.3 is 0 Å². The molecule has 0 amide bonds. The first-order chi connectivity index (χ1) is 17.2. The summed E-state index contributed by atoms with van der Waals surface area (Å²) < 4.78 is 6.65. The Morgan fingerprint density at radius 3 is 2.58 bits per heavy atom. The molecular formula is C32H39Cl2NO. The number of aliphatic imine (C=N–C) groups is 1. The molecule has 1 spiro atoms. The Labute approximate surface area is 226 Å². The number of aryl methyl sites for hydroxylation is 1. The first-order valence-electron chi connectivity index (χ1n) is 14.0. The van der Waals surface area contributed by atoms with Gasteiger partial charge in [-0.25, -0.2) is 0 Å². The molecule has 5 atom stereocenters. The van der Waals surface area contributed by atoms with E-state index in [1.807, 2.05) is 0 Å². The number of hydrogen-bond acceptors (Lipinski definition) is 2. The summed E-state index contributed by atoms with van der Waals surface area (Å²) in [6, 6.07) is 13.5. The highest BCUT2D eigenvalue weighted by atomic mass is 35.5. The maximum Gasteiger partial charge on any atom is 0.0906 e. The Hall–Kier alpha value is -1.35.